The third kappa shape index (κ3) is 3.38. The molecule has 0 fully saturated rings. The fourth-order valence-electron chi connectivity index (χ4n) is 1.49. The smallest absolute Gasteiger partial charge is 0.255 e. The Morgan fingerprint density at radius 2 is 1.80 bits per heavy atom. The predicted octanol–water partition coefficient (Wildman–Crippen LogP) is 5.37. The molecule has 0 heterocycles. The Bertz CT molecular complexity index is 692. The molecular weight excluding hydrogens is 388 g/mol. The van der Waals surface area contributed by atoms with E-state index < -0.39 is 5.91 Å². The zero-order chi connectivity index (χ0) is 14.9. The second-order valence-corrected chi connectivity index (χ2v) is 5.97. The second-order valence-electron chi connectivity index (χ2n) is 3.87. The normalized spacial score (nSPS) is 10.4. The third-order valence-corrected chi connectivity index (χ3v) is 4.20. The van der Waals surface area contributed by atoms with E-state index in [1.807, 2.05) is 0 Å². The highest BCUT2D eigenvalue weighted by molar-refractivity contribution is 9.10. The Kier molecular flexibility index (Phi) is 4.81. The largest absolute Gasteiger partial charge is 0.504 e. The molecule has 1 amide bonds. The fourth-order valence-corrected chi connectivity index (χ4v) is 2.41. The molecule has 0 atom stereocenters. The van der Waals surface area contributed by atoms with Gasteiger partial charge in [0.15, 0.2) is 5.75 Å². The number of hydrogen-bond donors (Lipinski definition) is 2. The predicted molar refractivity (Wildman–Crippen MR) is 85.2 cm³/mol. The van der Waals surface area contributed by atoms with Crippen LogP contribution < -0.4 is 5.32 Å². The summed E-state index contributed by atoms with van der Waals surface area (Å²) in [6.45, 7) is 0. The summed E-state index contributed by atoms with van der Waals surface area (Å²) in [6, 6.07) is 7.53. The van der Waals surface area contributed by atoms with Gasteiger partial charge in [-0.15, -0.1) is 0 Å². The number of amides is 1. The van der Waals surface area contributed by atoms with Crippen molar-refractivity contribution in [2.24, 2.45) is 0 Å². The van der Waals surface area contributed by atoms with Crippen molar-refractivity contribution in [2.45, 2.75) is 0 Å². The standard InChI is InChI=1S/C13H7BrCl3NO2/c14-8-2-1-6(3-9(8)16)13(20)18-11-5-7(15)4-10(17)12(11)19/h1-5,19H,(H,18,20). The zero-order valence-electron chi connectivity index (χ0n) is 9.75. The molecule has 0 aromatic heterocycles. The third-order valence-electron chi connectivity index (χ3n) is 2.46. The van der Waals surface area contributed by atoms with Gasteiger partial charge in [0, 0.05) is 15.1 Å². The maximum absolute atomic E-state index is 12.1. The van der Waals surface area contributed by atoms with E-state index in [4.69, 9.17) is 34.8 Å². The van der Waals surface area contributed by atoms with Crippen molar-refractivity contribution in [3.05, 3.63) is 55.4 Å². The van der Waals surface area contributed by atoms with E-state index in [1.165, 1.54) is 18.2 Å². The number of carbonyl (C=O) groups is 1. The van der Waals surface area contributed by atoms with E-state index in [9.17, 15) is 9.90 Å². The summed E-state index contributed by atoms with van der Waals surface area (Å²) in [5.41, 5.74) is 0.472. The molecule has 0 bridgehead atoms. The maximum Gasteiger partial charge on any atom is 0.255 e. The number of hydrogen-bond acceptors (Lipinski definition) is 2. The molecule has 0 aliphatic rings. The molecule has 2 aromatic carbocycles. The molecule has 2 rings (SSSR count). The first-order valence-corrected chi connectivity index (χ1v) is 7.25. The van der Waals surface area contributed by atoms with E-state index in [2.05, 4.69) is 21.2 Å². The minimum Gasteiger partial charge on any atom is -0.504 e. The van der Waals surface area contributed by atoms with Gasteiger partial charge in [0.2, 0.25) is 0 Å². The summed E-state index contributed by atoms with van der Waals surface area (Å²) >= 11 is 20.8. The number of phenolic OH excluding ortho intramolecular Hbond substituents is 1. The highest BCUT2D eigenvalue weighted by atomic mass is 79.9. The van der Waals surface area contributed by atoms with Crippen LogP contribution in [0, 0.1) is 0 Å². The lowest BCUT2D eigenvalue weighted by atomic mass is 10.2. The van der Waals surface area contributed by atoms with Crippen LogP contribution >= 0.6 is 50.7 Å². The second kappa shape index (κ2) is 6.22. The first-order valence-electron chi connectivity index (χ1n) is 5.33. The van der Waals surface area contributed by atoms with Gasteiger partial charge in [0.25, 0.3) is 5.91 Å². The minimum absolute atomic E-state index is 0.0571. The molecule has 3 nitrogen and oxygen atoms in total. The molecular formula is C13H7BrCl3NO2. The summed E-state index contributed by atoms with van der Waals surface area (Å²) in [4.78, 5) is 12.1. The van der Waals surface area contributed by atoms with E-state index in [0.29, 0.717) is 20.1 Å². The average molecular weight is 395 g/mol. The van der Waals surface area contributed by atoms with Crippen molar-refractivity contribution in [3.63, 3.8) is 0 Å². The van der Waals surface area contributed by atoms with Gasteiger partial charge in [-0.2, -0.15) is 0 Å². The van der Waals surface area contributed by atoms with E-state index in [-0.39, 0.29) is 16.5 Å². The number of rotatable bonds is 2. The number of phenols is 1. The van der Waals surface area contributed by atoms with Gasteiger partial charge in [-0.25, -0.2) is 0 Å². The van der Waals surface area contributed by atoms with Crippen LogP contribution in [-0.4, -0.2) is 11.0 Å². The molecule has 20 heavy (non-hydrogen) atoms. The van der Waals surface area contributed by atoms with Crippen LogP contribution in [0.1, 0.15) is 10.4 Å². The molecule has 0 aliphatic heterocycles. The topological polar surface area (TPSA) is 49.3 Å². The fraction of sp³-hybridized carbons (Fsp3) is 0. The molecule has 0 spiro atoms. The number of aromatic hydroxyl groups is 1. The zero-order valence-corrected chi connectivity index (χ0v) is 13.6. The number of anilines is 1. The van der Waals surface area contributed by atoms with Crippen molar-refractivity contribution in [3.8, 4) is 5.75 Å². The molecule has 0 saturated heterocycles. The SMILES string of the molecule is O=C(Nc1cc(Cl)cc(Cl)c1O)c1ccc(Br)c(Cl)c1. The summed E-state index contributed by atoms with van der Waals surface area (Å²) in [6.07, 6.45) is 0. The summed E-state index contributed by atoms with van der Waals surface area (Å²) in [7, 11) is 0. The number of benzene rings is 2. The lowest BCUT2D eigenvalue weighted by molar-refractivity contribution is 0.102. The van der Waals surface area contributed by atoms with E-state index in [0.717, 1.165) is 0 Å². The van der Waals surface area contributed by atoms with E-state index in [1.54, 1.807) is 12.1 Å². The number of nitrogens with one attached hydrogen (secondary N) is 1. The summed E-state index contributed by atoms with van der Waals surface area (Å²) in [5.74, 6) is -0.680. The Labute approximate surface area is 138 Å². The molecule has 104 valence electrons. The summed E-state index contributed by atoms with van der Waals surface area (Å²) in [5, 5.41) is 13.1. The van der Waals surface area contributed by atoms with Crippen molar-refractivity contribution in [1.29, 1.82) is 0 Å². The molecule has 0 radical (unpaired) electrons. The highest BCUT2D eigenvalue weighted by Gasteiger charge is 2.13. The van der Waals surface area contributed by atoms with Crippen LogP contribution in [0.4, 0.5) is 5.69 Å². The van der Waals surface area contributed by atoms with Crippen LogP contribution in [0.2, 0.25) is 15.1 Å². The van der Waals surface area contributed by atoms with Crippen LogP contribution in [0.25, 0.3) is 0 Å². The molecule has 0 aliphatic carbocycles. The Morgan fingerprint density at radius 1 is 1.10 bits per heavy atom. The lowest BCUT2D eigenvalue weighted by Gasteiger charge is -2.09. The van der Waals surface area contributed by atoms with Crippen LogP contribution in [0.5, 0.6) is 5.75 Å². The Balaban J connectivity index is 2.30. The van der Waals surface area contributed by atoms with Crippen LogP contribution in [0.3, 0.4) is 0 Å². The Morgan fingerprint density at radius 3 is 2.45 bits per heavy atom. The van der Waals surface area contributed by atoms with Gasteiger partial charge < -0.3 is 10.4 Å². The first-order chi connectivity index (χ1) is 9.38. The monoisotopic (exact) mass is 393 g/mol. The molecule has 0 saturated carbocycles. The Hall–Kier alpha value is -0.940. The van der Waals surface area contributed by atoms with Crippen molar-refractivity contribution in [1.82, 2.24) is 0 Å². The molecule has 2 aromatic rings. The van der Waals surface area contributed by atoms with E-state index >= 15 is 0 Å². The quantitative estimate of drug-likeness (QED) is 0.672. The first kappa shape index (κ1) is 15.4. The van der Waals surface area contributed by atoms with Crippen molar-refractivity contribution < 1.29 is 9.90 Å². The van der Waals surface area contributed by atoms with Gasteiger partial charge in [0.05, 0.1) is 15.7 Å². The van der Waals surface area contributed by atoms with Gasteiger partial charge in [0.1, 0.15) is 0 Å². The summed E-state index contributed by atoms with van der Waals surface area (Å²) < 4.78 is 0.685. The number of halogens is 4. The van der Waals surface area contributed by atoms with Gasteiger partial charge in [-0.1, -0.05) is 34.8 Å². The maximum atomic E-state index is 12.1. The molecule has 7 heteroatoms. The lowest BCUT2D eigenvalue weighted by Crippen LogP contribution is -2.12. The number of carbonyl (C=O) groups excluding carboxylic acids is 1. The average Bonchev–Trinajstić information content (AvgIpc) is 2.38. The highest BCUT2D eigenvalue weighted by Crippen LogP contribution is 2.35. The van der Waals surface area contributed by atoms with Crippen molar-refractivity contribution in [2.75, 3.05) is 5.32 Å². The molecule has 0 unspecified atom stereocenters. The van der Waals surface area contributed by atoms with Gasteiger partial charge in [-0.05, 0) is 46.3 Å². The van der Waals surface area contributed by atoms with Crippen LogP contribution in [0.15, 0.2) is 34.8 Å². The van der Waals surface area contributed by atoms with Gasteiger partial charge in [-0.3, -0.25) is 4.79 Å². The van der Waals surface area contributed by atoms with Crippen molar-refractivity contribution >= 4 is 62.3 Å². The minimum atomic E-state index is -0.437. The van der Waals surface area contributed by atoms with Gasteiger partial charge >= 0.3 is 0 Å². The van der Waals surface area contributed by atoms with Crippen LogP contribution in [-0.2, 0) is 0 Å². The molecule has 2 N–H and O–H groups in total.